The molecule has 0 saturated carbocycles. The molecule has 4 aromatic rings. The molecule has 0 atom stereocenters. The number of hydrogen-bond acceptors (Lipinski definition) is 1. The van der Waals surface area contributed by atoms with Gasteiger partial charge < -0.3 is 0 Å². The van der Waals surface area contributed by atoms with Gasteiger partial charge in [-0.15, -0.1) is 0 Å². The third-order valence-corrected chi connectivity index (χ3v) is 3.96. The SMILES string of the molecule is CC(C)c1ccc2nc3ccc4ccccc4n3c2c1. The number of nitrogens with zero attached hydrogens (tertiary/aromatic N) is 2. The number of para-hydroxylation sites is 1. The summed E-state index contributed by atoms with van der Waals surface area (Å²) in [5, 5.41) is 1.24. The molecule has 0 radical (unpaired) electrons. The fourth-order valence-electron chi connectivity index (χ4n) is 2.83. The van der Waals surface area contributed by atoms with Crippen molar-refractivity contribution < 1.29 is 0 Å². The number of imidazole rings is 1. The molecule has 2 aromatic heterocycles. The number of benzene rings is 2. The van der Waals surface area contributed by atoms with E-state index < -0.39 is 0 Å². The van der Waals surface area contributed by atoms with E-state index in [1.165, 1.54) is 22.0 Å². The van der Waals surface area contributed by atoms with Gasteiger partial charge >= 0.3 is 0 Å². The van der Waals surface area contributed by atoms with Crippen molar-refractivity contribution in [1.82, 2.24) is 9.38 Å². The van der Waals surface area contributed by atoms with Crippen LogP contribution in [0, 0.1) is 0 Å². The molecule has 20 heavy (non-hydrogen) atoms. The largest absolute Gasteiger partial charge is 0.292 e. The van der Waals surface area contributed by atoms with Crippen LogP contribution in [0.4, 0.5) is 0 Å². The standard InChI is InChI=1S/C18H16N2/c1-12(2)14-7-9-15-17(11-14)20-16-6-4-3-5-13(16)8-10-18(20)19-15/h3-12H,1-2H3. The maximum absolute atomic E-state index is 4.73. The highest BCUT2D eigenvalue weighted by Crippen LogP contribution is 2.26. The Morgan fingerprint density at radius 1 is 0.900 bits per heavy atom. The van der Waals surface area contributed by atoms with E-state index in [4.69, 9.17) is 4.98 Å². The first kappa shape index (κ1) is 11.5. The highest BCUT2D eigenvalue weighted by Gasteiger charge is 2.09. The highest BCUT2D eigenvalue weighted by atomic mass is 15.0. The summed E-state index contributed by atoms with van der Waals surface area (Å²) in [7, 11) is 0. The second kappa shape index (κ2) is 4.07. The van der Waals surface area contributed by atoms with Crippen molar-refractivity contribution >= 4 is 27.6 Å². The Kier molecular flexibility index (Phi) is 2.34. The smallest absolute Gasteiger partial charge is 0.138 e. The van der Waals surface area contributed by atoms with Crippen LogP contribution in [0.2, 0.25) is 0 Å². The fourth-order valence-corrected chi connectivity index (χ4v) is 2.83. The van der Waals surface area contributed by atoms with Gasteiger partial charge in [-0.25, -0.2) is 4.98 Å². The van der Waals surface area contributed by atoms with Crippen molar-refractivity contribution in [2.75, 3.05) is 0 Å². The zero-order chi connectivity index (χ0) is 13.7. The second-order valence-electron chi connectivity index (χ2n) is 5.60. The van der Waals surface area contributed by atoms with Gasteiger partial charge in [0.1, 0.15) is 5.65 Å². The van der Waals surface area contributed by atoms with E-state index in [9.17, 15) is 0 Å². The minimum atomic E-state index is 0.528. The molecule has 0 unspecified atom stereocenters. The third-order valence-electron chi connectivity index (χ3n) is 3.96. The first-order valence-electron chi connectivity index (χ1n) is 7.04. The maximum Gasteiger partial charge on any atom is 0.138 e. The topological polar surface area (TPSA) is 17.3 Å². The first-order chi connectivity index (χ1) is 9.74. The number of fused-ring (bicyclic) bond motifs is 5. The molecule has 98 valence electrons. The Morgan fingerprint density at radius 3 is 2.60 bits per heavy atom. The van der Waals surface area contributed by atoms with Crippen molar-refractivity contribution in [3.63, 3.8) is 0 Å². The molecule has 0 spiro atoms. The Morgan fingerprint density at radius 2 is 1.75 bits per heavy atom. The Hall–Kier alpha value is -2.35. The Balaban J connectivity index is 2.22. The van der Waals surface area contributed by atoms with E-state index in [2.05, 4.69) is 72.8 Å². The van der Waals surface area contributed by atoms with Gasteiger partial charge in [0.2, 0.25) is 0 Å². The summed E-state index contributed by atoms with van der Waals surface area (Å²) in [5.41, 5.74) is 5.84. The zero-order valence-electron chi connectivity index (χ0n) is 11.7. The summed E-state index contributed by atoms with van der Waals surface area (Å²) in [6, 6.07) is 19.3. The molecule has 0 fully saturated rings. The Labute approximate surface area is 117 Å². The molecule has 2 heteroatoms. The predicted molar refractivity (Wildman–Crippen MR) is 84.3 cm³/mol. The molecular weight excluding hydrogens is 244 g/mol. The van der Waals surface area contributed by atoms with E-state index in [1.807, 2.05) is 0 Å². The molecule has 0 aliphatic heterocycles. The van der Waals surface area contributed by atoms with Crippen LogP contribution in [0.1, 0.15) is 25.3 Å². The maximum atomic E-state index is 4.73. The van der Waals surface area contributed by atoms with Crippen molar-refractivity contribution in [3.8, 4) is 0 Å². The van der Waals surface area contributed by atoms with Crippen molar-refractivity contribution in [1.29, 1.82) is 0 Å². The molecule has 2 nitrogen and oxygen atoms in total. The average molecular weight is 260 g/mol. The molecule has 0 saturated heterocycles. The van der Waals surface area contributed by atoms with E-state index in [0.29, 0.717) is 5.92 Å². The normalized spacial score (nSPS) is 11.9. The van der Waals surface area contributed by atoms with Gasteiger partial charge in [-0.2, -0.15) is 0 Å². The van der Waals surface area contributed by atoms with Crippen LogP contribution in [0.3, 0.4) is 0 Å². The number of hydrogen-bond donors (Lipinski definition) is 0. The molecule has 2 heterocycles. The molecule has 4 rings (SSSR count). The first-order valence-corrected chi connectivity index (χ1v) is 7.04. The van der Waals surface area contributed by atoms with Crippen LogP contribution >= 0.6 is 0 Å². The summed E-state index contributed by atoms with van der Waals surface area (Å²) >= 11 is 0. The van der Waals surface area contributed by atoms with E-state index in [-0.39, 0.29) is 0 Å². The van der Waals surface area contributed by atoms with Gasteiger partial charge in [-0.3, -0.25) is 4.40 Å². The molecule has 0 amide bonds. The van der Waals surface area contributed by atoms with E-state index >= 15 is 0 Å². The lowest BCUT2D eigenvalue weighted by atomic mass is 10.0. The van der Waals surface area contributed by atoms with E-state index in [0.717, 1.165) is 11.2 Å². The number of rotatable bonds is 1. The molecule has 0 N–H and O–H groups in total. The second-order valence-corrected chi connectivity index (χ2v) is 5.60. The van der Waals surface area contributed by atoms with Crippen LogP contribution in [0.5, 0.6) is 0 Å². The quantitative estimate of drug-likeness (QED) is 0.482. The van der Waals surface area contributed by atoms with Crippen molar-refractivity contribution in [2.24, 2.45) is 0 Å². The van der Waals surface area contributed by atoms with Gasteiger partial charge in [0.25, 0.3) is 0 Å². The number of pyridine rings is 1. The molecule has 0 bridgehead atoms. The van der Waals surface area contributed by atoms with Gasteiger partial charge in [0.15, 0.2) is 0 Å². The van der Waals surface area contributed by atoms with Crippen LogP contribution in [0.15, 0.2) is 54.6 Å². The van der Waals surface area contributed by atoms with E-state index in [1.54, 1.807) is 0 Å². The van der Waals surface area contributed by atoms with Crippen LogP contribution in [0.25, 0.3) is 27.6 Å². The van der Waals surface area contributed by atoms with Gasteiger partial charge in [-0.05, 0) is 47.2 Å². The van der Waals surface area contributed by atoms with Crippen LogP contribution in [-0.4, -0.2) is 9.38 Å². The zero-order valence-corrected chi connectivity index (χ0v) is 11.7. The number of aromatic nitrogens is 2. The minimum Gasteiger partial charge on any atom is -0.292 e. The van der Waals surface area contributed by atoms with Crippen molar-refractivity contribution in [2.45, 2.75) is 19.8 Å². The Bertz CT molecular complexity index is 932. The fraction of sp³-hybridized carbons (Fsp3) is 0.167. The lowest BCUT2D eigenvalue weighted by molar-refractivity contribution is 0.868. The summed E-state index contributed by atoms with van der Waals surface area (Å²) in [6.45, 7) is 4.45. The van der Waals surface area contributed by atoms with Gasteiger partial charge in [0, 0.05) is 0 Å². The summed E-state index contributed by atoms with van der Waals surface area (Å²) in [5.74, 6) is 0.528. The molecule has 2 aromatic carbocycles. The average Bonchev–Trinajstić information content (AvgIpc) is 2.85. The molecule has 0 aliphatic carbocycles. The van der Waals surface area contributed by atoms with Crippen LogP contribution < -0.4 is 0 Å². The minimum absolute atomic E-state index is 0.528. The molecular formula is C18H16N2. The van der Waals surface area contributed by atoms with Crippen LogP contribution in [-0.2, 0) is 0 Å². The third kappa shape index (κ3) is 1.54. The highest BCUT2D eigenvalue weighted by molar-refractivity contribution is 5.90. The summed E-state index contributed by atoms with van der Waals surface area (Å²) < 4.78 is 2.26. The van der Waals surface area contributed by atoms with Gasteiger partial charge in [-0.1, -0.05) is 38.1 Å². The lowest BCUT2D eigenvalue weighted by Gasteiger charge is -2.06. The monoisotopic (exact) mass is 260 g/mol. The van der Waals surface area contributed by atoms with Gasteiger partial charge in [0.05, 0.1) is 16.6 Å². The summed E-state index contributed by atoms with van der Waals surface area (Å²) in [6.07, 6.45) is 0. The predicted octanol–water partition coefficient (Wildman–Crippen LogP) is 4.76. The van der Waals surface area contributed by atoms with Crippen molar-refractivity contribution in [3.05, 3.63) is 60.2 Å². The lowest BCUT2D eigenvalue weighted by Crippen LogP contribution is -1.90. The summed E-state index contributed by atoms with van der Waals surface area (Å²) in [4.78, 5) is 4.73. The molecule has 0 aliphatic rings.